The molecule has 0 aliphatic carbocycles. The highest BCUT2D eigenvalue weighted by molar-refractivity contribution is 14.0. The third-order valence-corrected chi connectivity index (χ3v) is 3.64. The van der Waals surface area contributed by atoms with Crippen molar-refractivity contribution in [1.29, 1.82) is 0 Å². The molecule has 23 heavy (non-hydrogen) atoms. The highest BCUT2D eigenvalue weighted by Gasteiger charge is 2.10. The second-order valence-corrected chi connectivity index (χ2v) is 5.68. The van der Waals surface area contributed by atoms with Gasteiger partial charge < -0.3 is 25.4 Å². The lowest BCUT2D eigenvalue weighted by atomic mass is 10.3. The van der Waals surface area contributed by atoms with Crippen LogP contribution in [0.3, 0.4) is 0 Å². The molecule has 1 heterocycles. The van der Waals surface area contributed by atoms with Crippen molar-refractivity contribution in [3.8, 4) is 11.5 Å². The molecule has 0 saturated heterocycles. The molecule has 130 valence electrons. The van der Waals surface area contributed by atoms with Crippen molar-refractivity contribution in [1.82, 2.24) is 4.90 Å². The molecular weight excluding hydrogens is 407 g/mol. The van der Waals surface area contributed by atoms with Crippen LogP contribution < -0.4 is 20.5 Å². The number of hydrogen-bond donors (Lipinski definition) is 2. The van der Waals surface area contributed by atoms with E-state index in [1.165, 1.54) is 0 Å². The average molecular weight is 434 g/mol. The zero-order valence-corrected chi connectivity index (χ0v) is 16.4. The minimum atomic E-state index is 0. The third-order valence-electron chi connectivity index (χ3n) is 3.64. The Morgan fingerprint density at radius 2 is 2.00 bits per heavy atom. The summed E-state index contributed by atoms with van der Waals surface area (Å²) in [4.78, 5) is 6.57. The Hall–Kier alpha value is -1.22. The quantitative estimate of drug-likeness (QED) is 0.424. The lowest BCUT2D eigenvalue weighted by molar-refractivity contribution is 0.282. The van der Waals surface area contributed by atoms with E-state index in [4.69, 9.17) is 15.2 Å². The van der Waals surface area contributed by atoms with Crippen molar-refractivity contribution < 1.29 is 9.47 Å². The number of hydrogen-bond acceptors (Lipinski definition) is 4. The molecule has 0 radical (unpaired) electrons. The van der Waals surface area contributed by atoms with Gasteiger partial charge in [0.25, 0.3) is 0 Å². The van der Waals surface area contributed by atoms with Crippen molar-refractivity contribution in [3.63, 3.8) is 0 Å². The van der Waals surface area contributed by atoms with Gasteiger partial charge in [-0.25, -0.2) is 0 Å². The zero-order chi connectivity index (χ0) is 15.9. The molecule has 2 rings (SSSR count). The first-order valence-electron chi connectivity index (χ1n) is 7.73. The van der Waals surface area contributed by atoms with Crippen LogP contribution in [0, 0.1) is 0 Å². The number of benzene rings is 1. The number of guanidine groups is 1. The number of nitrogens with one attached hydrogen (secondary N) is 1. The maximum absolute atomic E-state index is 5.92. The highest BCUT2D eigenvalue weighted by atomic mass is 127. The van der Waals surface area contributed by atoms with E-state index in [0.717, 1.165) is 30.2 Å². The number of nitrogens with two attached hydrogens (primary N) is 1. The number of halogens is 1. The van der Waals surface area contributed by atoms with Crippen LogP contribution in [0.2, 0.25) is 0 Å². The molecule has 3 N–H and O–H groups in total. The lowest BCUT2D eigenvalue weighted by Gasteiger charge is -2.19. The fourth-order valence-corrected chi connectivity index (χ4v) is 2.01. The van der Waals surface area contributed by atoms with E-state index in [2.05, 4.69) is 36.1 Å². The van der Waals surface area contributed by atoms with Crippen LogP contribution in [0.1, 0.15) is 20.3 Å². The van der Waals surface area contributed by atoms with Gasteiger partial charge >= 0.3 is 0 Å². The molecule has 1 aliphatic heterocycles. The number of nitrogens with zero attached hydrogens (tertiary/aromatic N) is 2. The molecule has 0 saturated carbocycles. The fraction of sp³-hybridized carbons (Fsp3) is 0.562. The monoisotopic (exact) mass is 434 g/mol. The summed E-state index contributed by atoms with van der Waals surface area (Å²) in [7, 11) is 2.08. The molecule has 1 aromatic rings. The van der Waals surface area contributed by atoms with Gasteiger partial charge in [-0.05, 0) is 33.0 Å². The Kier molecular flexibility index (Phi) is 8.46. The smallest absolute Gasteiger partial charge is 0.193 e. The summed E-state index contributed by atoms with van der Waals surface area (Å²) >= 11 is 0. The summed E-state index contributed by atoms with van der Waals surface area (Å²) < 4.78 is 11.3. The van der Waals surface area contributed by atoms with Crippen LogP contribution >= 0.6 is 24.0 Å². The van der Waals surface area contributed by atoms with Crippen LogP contribution in [0.15, 0.2) is 23.2 Å². The molecule has 0 aromatic heterocycles. The zero-order valence-electron chi connectivity index (χ0n) is 14.0. The maximum atomic E-state index is 5.92. The predicted molar refractivity (Wildman–Crippen MR) is 105 cm³/mol. The minimum Gasteiger partial charge on any atom is -0.490 e. The Morgan fingerprint density at radius 3 is 2.70 bits per heavy atom. The Balaban J connectivity index is 0.00000264. The van der Waals surface area contributed by atoms with Crippen LogP contribution in [-0.4, -0.2) is 50.3 Å². The average Bonchev–Trinajstić information content (AvgIpc) is 2.71. The molecule has 0 amide bonds. The van der Waals surface area contributed by atoms with Crippen molar-refractivity contribution in [2.75, 3.05) is 38.7 Å². The molecule has 6 nitrogen and oxygen atoms in total. The summed E-state index contributed by atoms with van der Waals surface area (Å²) in [5, 5.41) is 3.09. The van der Waals surface area contributed by atoms with E-state index in [1.54, 1.807) is 0 Å². The maximum Gasteiger partial charge on any atom is 0.193 e. The van der Waals surface area contributed by atoms with Gasteiger partial charge in [0.15, 0.2) is 17.5 Å². The topological polar surface area (TPSA) is 72.1 Å². The van der Waals surface area contributed by atoms with Gasteiger partial charge in [-0.3, -0.25) is 4.99 Å². The van der Waals surface area contributed by atoms with E-state index >= 15 is 0 Å². The molecule has 0 bridgehead atoms. The van der Waals surface area contributed by atoms with E-state index in [0.29, 0.717) is 31.8 Å². The number of rotatable bonds is 5. The van der Waals surface area contributed by atoms with Crippen LogP contribution in [-0.2, 0) is 0 Å². The Morgan fingerprint density at radius 1 is 1.30 bits per heavy atom. The standard InChI is InChI=1S/C16H26N4O2.HI/c1-12(2)20(3)8-7-18-16(17)19-13-5-6-14-15(11-13)22-10-4-9-21-14;/h5-6,11-12H,4,7-10H2,1-3H3,(H3,17,18,19);1H. The van der Waals surface area contributed by atoms with E-state index < -0.39 is 0 Å². The second kappa shape index (κ2) is 9.82. The van der Waals surface area contributed by atoms with Gasteiger partial charge in [0.2, 0.25) is 0 Å². The van der Waals surface area contributed by atoms with E-state index in [-0.39, 0.29) is 24.0 Å². The first-order chi connectivity index (χ1) is 10.6. The molecule has 7 heteroatoms. The van der Waals surface area contributed by atoms with Crippen molar-refractivity contribution >= 4 is 35.6 Å². The van der Waals surface area contributed by atoms with Crippen molar-refractivity contribution in [2.24, 2.45) is 10.7 Å². The fourth-order valence-electron chi connectivity index (χ4n) is 2.01. The Bertz CT molecular complexity index is 523. The van der Waals surface area contributed by atoms with E-state index in [1.807, 2.05) is 18.2 Å². The Labute approximate surface area is 155 Å². The third kappa shape index (κ3) is 6.42. The van der Waals surface area contributed by atoms with Gasteiger partial charge in [0.05, 0.1) is 19.8 Å². The lowest BCUT2D eigenvalue weighted by Crippen LogP contribution is -2.30. The molecule has 0 spiro atoms. The molecule has 0 unspecified atom stereocenters. The predicted octanol–water partition coefficient (Wildman–Crippen LogP) is 2.53. The van der Waals surface area contributed by atoms with Crippen molar-refractivity contribution in [2.45, 2.75) is 26.3 Å². The first-order valence-corrected chi connectivity index (χ1v) is 7.73. The summed E-state index contributed by atoms with van der Waals surface area (Å²) in [6.07, 6.45) is 0.893. The van der Waals surface area contributed by atoms with Crippen LogP contribution in [0.25, 0.3) is 0 Å². The second-order valence-electron chi connectivity index (χ2n) is 5.68. The molecule has 0 fully saturated rings. The molecular formula is C16H27IN4O2. The molecule has 1 aromatic carbocycles. The SMILES string of the molecule is CC(C)N(C)CCN=C(N)Nc1ccc2c(c1)OCCCO2.I. The normalized spacial score (nSPS) is 14.4. The van der Waals surface area contributed by atoms with Crippen LogP contribution in [0.5, 0.6) is 11.5 Å². The van der Waals surface area contributed by atoms with Crippen LogP contribution in [0.4, 0.5) is 5.69 Å². The summed E-state index contributed by atoms with van der Waals surface area (Å²) in [5.41, 5.74) is 6.77. The number of anilines is 1. The molecule has 0 atom stereocenters. The highest BCUT2D eigenvalue weighted by Crippen LogP contribution is 2.32. The van der Waals surface area contributed by atoms with Gasteiger partial charge in [0.1, 0.15) is 0 Å². The summed E-state index contributed by atoms with van der Waals surface area (Å²) in [6.45, 7) is 7.21. The van der Waals surface area contributed by atoms with E-state index in [9.17, 15) is 0 Å². The van der Waals surface area contributed by atoms with Gasteiger partial charge in [0, 0.05) is 30.8 Å². The first kappa shape index (κ1) is 19.8. The summed E-state index contributed by atoms with van der Waals surface area (Å²) in [5.74, 6) is 1.93. The number of fused-ring (bicyclic) bond motifs is 1. The number of likely N-dealkylation sites (N-methyl/N-ethyl adjacent to an activating group) is 1. The van der Waals surface area contributed by atoms with Gasteiger partial charge in [-0.2, -0.15) is 0 Å². The largest absolute Gasteiger partial charge is 0.490 e. The minimum absolute atomic E-state index is 0. The number of aliphatic imine (C=N–C) groups is 1. The van der Waals surface area contributed by atoms with Gasteiger partial charge in [-0.1, -0.05) is 0 Å². The molecule has 1 aliphatic rings. The summed E-state index contributed by atoms with van der Waals surface area (Å²) in [6, 6.07) is 6.20. The van der Waals surface area contributed by atoms with Crippen molar-refractivity contribution in [3.05, 3.63) is 18.2 Å². The van der Waals surface area contributed by atoms with Gasteiger partial charge in [-0.15, -0.1) is 24.0 Å². The number of ether oxygens (including phenoxy) is 2.